The molecule has 1 aromatic carbocycles. The molecule has 8 nitrogen and oxygen atoms in total. The molecule has 1 aromatic rings. The summed E-state index contributed by atoms with van der Waals surface area (Å²) in [6, 6.07) is 7.53. The van der Waals surface area contributed by atoms with Crippen LogP contribution in [0.15, 0.2) is 29.3 Å². The van der Waals surface area contributed by atoms with Crippen molar-refractivity contribution in [3.63, 3.8) is 0 Å². The molecule has 0 unspecified atom stereocenters. The first-order valence-electron chi connectivity index (χ1n) is 9.38. The number of hydrogen-bond acceptors (Lipinski definition) is 4. The largest absolute Gasteiger partial charge is 0.450 e. The van der Waals surface area contributed by atoms with Crippen molar-refractivity contribution in [1.29, 1.82) is 0 Å². The molecule has 2 rings (SSSR count). The molecule has 0 aromatic heterocycles. The Morgan fingerprint density at radius 1 is 1.30 bits per heavy atom. The molecule has 4 N–H and O–H groups in total. The van der Waals surface area contributed by atoms with Crippen molar-refractivity contribution in [3.8, 4) is 0 Å². The highest BCUT2D eigenvalue weighted by atomic mass is 16.6. The molecular formula is C19H29N5O3. The number of nitrogens with one attached hydrogen (secondary N) is 2. The van der Waals surface area contributed by atoms with Crippen LogP contribution >= 0.6 is 0 Å². The highest BCUT2D eigenvalue weighted by Crippen LogP contribution is 2.11. The van der Waals surface area contributed by atoms with Crippen LogP contribution in [0.25, 0.3) is 0 Å². The first-order valence-corrected chi connectivity index (χ1v) is 9.38. The van der Waals surface area contributed by atoms with Crippen LogP contribution in [0.4, 0.5) is 4.79 Å². The molecule has 27 heavy (non-hydrogen) atoms. The van der Waals surface area contributed by atoms with Gasteiger partial charge in [-0.05, 0) is 44.4 Å². The van der Waals surface area contributed by atoms with Crippen molar-refractivity contribution in [2.45, 2.75) is 39.3 Å². The van der Waals surface area contributed by atoms with Gasteiger partial charge in [0.25, 0.3) is 5.91 Å². The first-order chi connectivity index (χ1) is 13.0. The van der Waals surface area contributed by atoms with Crippen molar-refractivity contribution < 1.29 is 14.3 Å². The standard InChI is InChI=1S/C19H29N5O3/c1-3-21-17(25)15-7-5-6-14(12-15)13-22-18(20)23-16-8-10-24(11-9-16)19(26)27-4-2/h5-7,12,16H,3-4,8-11,13H2,1-2H3,(H,21,25)(H3,20,22,23). The average Bonchev–Trinajstić information content (AvgIpc) is 2.67. The number of carbonyl (C=O) groups excluding carboxylic acids is 2. The van der Waals surface area contributed by atoms with Crippen LogP contribution < -0.4 is 16.4 Å². The van der Waals surface area contributed by atoms with Crippen molar-refractivity contribution in [3.05, 3.63) is 35.4 Å². The zero-order valence-electron chi connectivity index (χ0n) is 16.0. The molecule has 2 amide bonds. The predicted octanol–water partition coefficient (Wildman–Crippen LogP) is 1.46. The number of piperidine rings is 1. The number of hydrogen-bond donors (Lipinski definition) is 3. The van der Waals surface area contributed by atoms with Crippen LogP contribution in [0.3, 0.4) is 0 Å². The van der Waals surface area contributed by atoms with Crippen molar-refractivity contribution in [1.82, 2.24) is 15.5 Å². The summed E-state index contributed by atoms with van der Waals surface area (Å²) in [6.45, 7) is 6.33. The Morgan fingerprint density at radius 2 is 2.04 bits per heavy atom. The van der Waals surface area contributed by atoms with E-state index in [0.29, 0.717) is 44.3 Å². The van der Waals surface area contributed by atoms with E-state index in [-0.39, 0.29) is 18.0 Å². The number of likely N-dealkylation sites (tertiary alicyclic amines) is 1. The van der Waals surface area contributed by atoms with E-state index >= 15 is 0 Å². The van der Waals surface area contributed by atoms with E-state index in [9.17, 15) is 9.59 Å². The molecule has 1 aliphatic rings. The minimum atomic E-state index is -0.260. The minimum Gasteiger partial charge on any atom is -0.450 e. The molecule has 0 atom stereocenters. The maximum atomic E-state index is 11.9. The monoisotopic (exact) mass is 375 g/mol. The number of ether oxygens (including phenoxy) is 1. The molecule has 8 heteroatoms. The zero-order valence-corrected chi connectivity index (χ0v) is 16.0. The van der Waals surface area contributed by atoms with E-state index in [1.54, 1.807) is 17.9 Å². The summed E-state index contributed by atoms with van der Waals surface area (Å²) >= 11 is 0. The Labute approximate surface area is 160 Å². The molecule has 148 valence electrons. The number of nitrogens with two attached hydrogens (primary N) is 1. The van der Waals surface area contributed by atoms with E-state index in [1.165, 1.54) is 0 Å². The Bertz CT molecular complexity index is 669. The third-order valence-corrected chi connectivity index (χ3v) is 4.33. The second kappa shape index (κ2) is 10.4. The third kappa shape index (κ3) is 6.47. The SMILES string of the molecule is CCNC(=O)c1cccc(CN=C(N)NC2CCN(C(=O)OCC)CC2)c1. The maximum Gasteiger partial charge on any atom is 0.409 e. The third-order valence-electron chi connectivity index (χ3n) is 4.33. The fourth-order valence-corrected chi connectivity index (χ4v) is 2.93. The molecular weight excluding hydrogens is 346 g/mol. The van der Waals surface area contributed by atoms with Gasteiger partial charge in [-0.25, -0.2) is 9.79 Å². The van der Waals surface area contributed by atoms with Crippen molar-refractivity contribution in [2.24, 2.45) is 10.7 Å². The fourth-order valence-electron chi connectivity index (χ4n) is 2.93. The Kier molecular flexibility index (Phi) is 7.91. The number of carbonyl (C=O) groups is 2. The molecule has 0 aliphatic carbocycles. The molecule has 0 saturated carbocycles. The van der Waals surface area contributed by atoms with Crippen LogP contribution in [0.1, 0.15) is 42.6 Å². The highest BCUT2D eigenvalue weighted by Gasteiger charge is 2.23. The summed E-state index contributed by atoms with van der Waals surface area (Å²) < 4.78 is 5.02. The molecule has 1 fully saturated rings. The Morgan fingerprint density at radius 3 is 2.70 bits per heavy atom. The molecule has 0 spiro atoms. The lowest BCUT2D eigenvalue weighted by Gasteiger charge is -2.31. The smallest absolute Gasteiger partial charge is 0.409 e. The van der Waals surface area contributed by atoms with E-state index in [0.717, 1.165) is 18.4 Å². The Hall–Kier alpha value is -2.77. The second-order valence-electron chi connectivity index (χ2n) is 6.37. The van der Waals surface area contributed by atoms with E-state index in [4.69, 9.17) is 10.5 Å². The van der Waals surface area contributed by atoms with Gasteiger partial charge in [-0.1, -0.05) is 12.1 Å². The summed E-state index contributed by atoms with van der Waals surface area (Å²) in [4.78, 5) is 29.7. The van der Waals surface area contributed by atoms with Gasteiger partial charge in [0.2, 0.25) is 0 Å². The van der Waals surface area contributed by atoms with Crippen molar-refractivity contribution >= 4 is 18.0 Å². The van der Waals surface area contributed by atoms with E-state index in [2.05, 4.69) is 15.6 Å². The zero-order chi connectivity index (χ0) is 19.6. The van der Waals surface area contributed by atoms with Gasteiger partial charge in [0, 0.05) is 31.2 Å². The van der Waals surface area contributed by atoms with Gasteiger partial charge in [-0.3, -0.25) is 4.79 Å². The molecule has 0 radical (unpaired) electrons. The van der Waals surface area contributed by atoms with Gasteiger partial charge in [0.05, 0.1) is 13.2 Å². The highest BCUT2D eigenvalue weighted by molar-refractivity contribution is 5.94. The number of guanidine groups is 1. The molecule has 1 heterocycles. The predicted molar refractivity (Wildman–Crippen MR) is 105 cm³/mol. The van der Waals surface area contributed by atoms with E-state index < -0.39 is 0 Å². The lowest BCUT2D eigenvalue weighted by atomic mass is 10.1. The molecule has 1 saturated heterocycles. The minimum absolute atomic E-state index is 0.0946. The summed E-state index contributed by atoms with van der Waals surface area (Å²) in [5.74, 6) is 0.274. The van der Waals surface area contributed by atoms with Gasteiger partial charge >= 0.3 is 6.09 Å². The maximum absolute atomic E-state index is 11.9. The second-order valence-corrected chi connectivity index (χ2v) is 6.37. The van der Waals surface area contributed by atoms with Crippen LogP contribution in [-0.4, -0.2) is 55.1 Å². The summed E-state index contributed by atoms with van der Waals surface area (Å²) in [7, 11) is 0. The summed E-state index contributed by atoms with van der Waals surface area (Å²) in [6.07, 6.45) is 1.33. The molecule has 0 bridgehead atoms. The van der Waals surface area contributed by atoms with Gasteiger partial charge in [-0.15, -0.1) is 0 Å². The fraction of sp³-hybridized carbons (Fsp3) is 0.526. The number of nitrogens with zero attached hydrogens (tertiary/aromatic N) is 2. The van der Waals surface area contributed by atoms with Crippen LogP contribution in [-0.2, 0) is 11.3 Å². The lowest BCUT2D eigenvalue weighted by molar-refractivity contribution is 0.0950. The topological polar surface area (TPSA) is 109 Å². The normalized spacial score (nSPS) is 15.3. The average molecular weight is 375 g/mol. The summed E-state index contributed by atoms with van der Waals surface area (Å²) in [5, 5.41) is 5.99. The number of amides is 2. The van der Waals surface area contributed by atoms with E-state index in [1.807, 2.05) is 25.1 Å². The van der Waals surface area contributed by atoms with Gasteiger partial charge in [-0.2, -0.15) is 0 Å². The van der Waals surface area contributed by atoms with Gasteiger partial charge < -0.3 is 26.0 Å². The van der Waals surface area contributed by atoms with Crippen LogP contribution in [0, 0.1) is 0 Å². The first kappa shape index (κ1) is 20.5. The van der Waals surface area contributed by atoms with Gasteiger partial charge in [0.15, 0.2) is 5.96 Å². The number of aliphatic imine (C=N–C) groups is 1. The van der Waals surface area contributed by atoms with Gasteiger partial charge in [0.1, 0.15) is 0 Å². The van der Waals surface area contributed by atoms with Crippen molar-refractivity contribution in [2.75, 3.05) is 26.2 Å². The lowest BCUT2D eigenvalue weighted by Crippen LogP contribution is -2.48. The quantitative estimate of drug-likeness (QED) is 0.515. The number of rotatable bonds is 6. The number of benzene rings is 1. The van der Waals surface area contributed by atoms with Crippen LogP contribution in [0.2, 0.25) is 0 Å². The Balaban J connectivity index is 1.82. The van der Waals surface area contributed by atoms with Crippen LogP contribution in [0.5, 0.6) is 0 Å². The molecule has 1 aliphatic heterocycles. The summed E-state index contributed by atoms with van der Waals surface area (Å²) in [5.41, 5.74) is 7.53.